The van der Waals surface area contributed by atoms with E-state index in [-0.39, 0.29) is 4.21 Å². The normalized spacial score (nSPS) is 10.9. The Balaban J connectivity index is 2.38. The Morgan fingerprint density at radius 1 is 1.33 bits per heavy atom. The van der Waals surface area contributed by atoms with Crippen molar-refractivity contribution in [2.75, 3.05) is 4.72 Å². The topological polar surface area (TPSA) is 70.0 Å². The minimum Gasteiger partial charge on any atom is -0.279 e. The number of nitriles is 1. The third-order valence-electron chi connectivity index (χ3n) is 2.37. The van der Waals surface area contributed by atoms with Crippen LogP contribution in [0.5, 0.6) is 0 Å². The molecule has 1 N–H and O–H groups in total. The molecule has 0 spiro atoms. The number of anilines is 1. The van der Waals surface area contributed by atoms with Crippen LogP contribution in [-0.2, 0) is 10.0 Å². The summed E-state index contributed by atoms with van der Waals surface area (Å²) in [5.74, 6) is 0. The largest absolute Gasteiger partial charge is 0.279 e. The first kappa shape index (κ1) is 12.6. The lowest BCUT2D eigenvalue weighted by molar-refractivity contribution is 0.603. The van der Waals surface area contributed by atoms with E-state index in [9.17, 15) is 8.42 Å². The Hall–Kier alpha value is -1.84. The van der Waals surface area contributed by atoms with Crippen molar-refractivity contribution in [1.82, 2.24) is 0 Å². The molecule has 6 heteroatoms. The zero-order valence-corrected chi connectivity index (χ0v) is 11.2. The number of hydrogen-bond donors (Lipinski definition) is 1. The molecule has 0 aliphatic rings. The Morgan fingerprint density at radius 2 is 2.11 bits per heavy atom. The number of nitrogens with zero attached hydrogens (tertiary/aromatic N) is 1. The molecule has 2 rings (SSSR count). The maximum Gasteiger partial charge on any atom is 0.271 e. The molecule has 0 unspecified atom stereocenters. The summed E-state index contributed by atoms with van der Waals surface area (Å²) in [6, 6.07) is 10.1. The van der Waals surface area contributed by atoms with Gasteiger partial charge in [-0.2, -0.15) is 5.26 Å². The molecule has 4 nitrogen and oxygen atoms in total. The van der Waals surface area contributed by atoms with E-state index >= 15 is 0 Å². The predicted octanol–water partition coefficient (Wildman–Crippen LogP) is 2.73. The average Bonchev–Trinajstić information content (AvgIpc) is 2.86. The molecular weight excluding hydrogens is 268 g/mol. The third-order valence-corrected chi connectivity index (χ3v) is 5.13. The van der Waals surface area contributed by atoms with E-state index in [1.165, 1.54) is 12.1 Å². The first-order chi connectivity index (χ1) is 8.53. The van der Waals surface area contributed by atoms with Gasteiger partial charge in [-0.25, -0.2) is 8.42 Å². The van der Waals surface area contributed by atoms with Crippen molar-refractivity contribution in [3.05, 3.63) is 46.8 Å². The maximum atomic E-state index is 12.0. The van der Waals surface area contributed by atoms with Crippen LogP contribution in [-0.4, -0.2) is 8.42 Å². The van der Waals surface area contributed by atoms with E-state index in [2.05, 4.69) is 4.72 Å². The zero-order valence-electron chi connectivity index (χ0n) is 9.54. The monoisotopic (exact) mass is 278 g/mol. The highest BCUT2D eigenvalue weighted by Gasteiger charge is 2.16. The number of thiophene rings is 1. The molecule has 1 aromatic carbocycles. The summed E-state index contributed by atoms with van der Waals surface area (Å²) in [5.41, 5.74) is 1.63. The highest BCUT2D eigenvalue weighted by molar-refractivity contribution is 7.94. The summed E-state index contributed by atoms with van der Waals surface area (Å²) < 4.78 is 26.8. The van der Waals surface area contributed by atoms with Crippen LogP contribution in [0.25, 0.3) is 0 Å². The van der Waals surface area contributed by atoms with Crippen LogP contribution < -0.4 is 4.72 Å². The number of sulfonamides is 1. The molecule has 0 bridgehead atoms. The number of rotatable bonds is 3. The van der Waals surface area contributed by atoms with Gasteiger partial charge >= 0.3 is 0 Å². The molecule has 0 saturated heterocycles. The van der Waals surface area contributed by atoms with Gasteiger partial charge in [-0.05, 0) is 36.1 Å². The van der Waals surface area contributed by atoms with Gasteiger partial charge in [0.2, 0.25) is 0 Å². The van der Waals surface area contributed by atoms with Crippen molar-refractivity contribution in [2.24, 2.45) is 0 Å². The fraction of sp³-hybridized carbons (Fsp3) is 0.0833. The smallest absolute Gasteiger partial charge is 0.271 e. The van der Waals surface area contributed by atoms with E-state index < -0.39 is 10.0 Å². The summed E-state index contributed by atoms with van der Waals surface area (Å²) in [7, 11) is -3.56. The van der Waals surface area contributed by atoms with Crippen LogP contribution in [0, 0.1) is 18.3 Å². The SMILES string of the molecule is Cc1ccc(C#N)cc1NS(=O)(=O)c1cccs1. The van der Waals surface area contributed by atoms with Gasteiger partial charge in [-0.15, -0.1) is 11.3 Å². The van der Waals surface area contributed by atoms with Crippen molar-refractivity contribution in [3.8, 4) is 6.07 Å². The second kappa shape index (κ2) is 4.80. The van der Waals surface area contributed by atoms with Crippen LogP contribution >= 0.6 is 11.3 Å². The number of benzene rings is 1. The highest BCUT2D eigenvalue weighted by atomic mass is 32.2. The molecule has 0 aliphatic heterocycles. The van der Waals surface area contributed by atoms with E-state index in [1.54, 1.807) is 30.5 Å². The van der Waals surface area contributed by atoms with Crippen LogP contribution in [0.1, 0.15) is 11.1 Å². The summed E-state index contributed by atoms with van der Waals surface area (Å²) in [5, 5.41) is 10.5. The lowest BCUT2D eigenvalue weighted by Crippen LogP contribution is -2.12. The van der Waals surface area contributed by atoms with Crippen LogP contribution in [0.4, 0.5) is 5.69 Å². The minimum absolute atomic E-state index is 0.254. The molecule has 92 valence electrons. The molecule has 0 saturated carbocycles. The average molecular weight is 278 g/mol. The van der Waals surface area contributed by atoms with E-state index in [0.29, 0.717) is 11.3 Å². The predicted molar refractivity (Wildman–Crippen MR) is 71.0 cm³/mol. The second-order valence-corrected chi connectivity index (χ2v) is 6.54. The van der Waals surface area contributed by atoms with Crippen molar-refractivity contribution < 1.29 is 8.42 Å². The zero-order chi connectivity index (χ0) is 13.2. The Morgan fingerprint density at radius 3 is 2.72 bits per heavy atom. The highest BCUT2D eigenvalue weighted by Crippen LogP contribution is 2.23. The van der Waals surface area contributed by atoms with E-state index in [1.807, 2.05) is 6.07 Å². The van der Waals surface area contributed by atoms with Gasteiger partial charge in [0.1, 0.15) is 4.21 Å². The quantitative estimate of drug-likeness (QED) is 0.938. The van der Waals surface area contributed by atoms with Crippen LogP contribution in [0.15, 0.2) is 39.9 Å². The summed E-state index contributed by atoms with van der Waals surface area (Å²) in [6.07, 6.45) is 0. The number of aryl methyl sites for hydroxylation is 1. The summed E-state index contributed by atoms with van der Waals surface area (Å²) in [4.78, 5) is 0. The number of nitrogens with one attached hydrogen (secondary N) is 1. The Kier molecular flexibility index (Phi) is 3.36. The van der Waals surface area contributed by atoms with Crippen LogP contribution in [0.3, 0.4) is 0 Å². The van der Waals surface area contributed by atoms with Gasteiger partial charge in [0, 0.05) is 0 Å². The molecule has 0 radical (unpaired) electrons. The molecule has 18 heavy (non-hydrogen) atoms. The standard InChI is InChI=1S/C12H10N2O2S2/c1-9-4-5-10(8-13)7-11(9)14-18(15,16)12-3-2-6-17-12/h2-7,14H,1H3. The molecule has 0 fully saturated rings. The van der Waals surface area contributed by atoms with Gasteiger partial charge in [0.15, 0.2) is 0 Å². The van der Waals surface area contributed by atoms with Gasteiger partial charge < -0.3 is 0 Å². The van der Waals surface area contributed by atoms with Crippen molar-refractivity contribution in [2.45, 2.75) is 11.1 Å². The molecule has 0 amide bonds. The molecule has 1 aromatic heterocycles. The maximum absolute atomic E-state index is 12.0. The van der Waals surface area contributed by atoms with Gasteiger partial charge in [-0.3, -0.25) is 4.72 Å². The summed E-state index contributed by atoms with van der Waals surface area (Å²) >= 11 is 1.15. The first-order valence-corrected chi connectivity index (χ1v) is 7.46. The molecule has 2 aromatic rings. The van der Waals surface area contributed by atoms with E-state index in [0.717, 1.165) is 16.9 Å². The lowest BCUT2D eigenvalue weighted by Gasteiger charge is -2.09. The van der Waals surface area contributed by atoms with Crippen LogP contribution in [0.2, 0.25) is 0 Å². The lowest BCUT2D eigenvalue weighted by atomic mass is 10.1. The van der Waals surface area contributed by atoms with Crippen molar-refractivity contribution in [3.63, 3.8) is 0 Å². The third kappa shape index (κ3) is 2.53. The first-order valence-electron chi connectivity index (χ1n) is 5.10. The number of hydrogen-bond acceptors (Lipinski definition) is 4. The Labute approximate surface area is 110 Å². The van der Waals surface area contributed by atoms with Gasteiger partial charge in [0.25, 0.3) is 10.0 Å². The van der Waals surface area contributed by atoms with Gasteiger partial charge in [-0.1, -0.05) is 12.1 Å². The molecule has 0 aliphatic carbocycles. The second-order valence-electron chi connectivity index (χ2n) is 3.68. The molecule has 1 heterocycles. The van der Waals surface area contributed by atoms with Gasteiger partial charge in [0.05, 0.1) is 17.3 Å². The van der Waals surface area contributed by atoms with E-state index in [4.69, 9.17) is 5.26 Å². The molecule has 0 atom stereocenters. The molecular formula is C12H10N2O2S2. The Bertz CT molecular complexity index is 698. The fourth-order valence-electron chi connectivity index (χ4n) is 1.41. The summed E-state index contributed by atoms with van der Waals surface area (Å²) in [6.45, 7) is 1.79. The van der Waals surface area contributed by atoms with Crippen molar-refractivity contribution >= 4 is 27.0 Å². The minimum atomic E-state index is -3.56. The van der Waals surface area contributed by atoms with Crippen molar-refractivity contribution in [1.29, 1.82) is 5.26 Å². The fourth-order valence-corrected chi connectivity index (χ4v) is 3.53.